The normalized spacial score (nSPS) is 13.2. The topological polar surface area (TPSA) is 69.9 Å². The lowest BCUT2D eigenvalue weighted by Gasteiger charge is -2.15. The van der Waals surface area contributed by atoms with Gasteiger partial charge in [-0.15, -0.1) is 0 Å². The Morgan fingerprint density at radius 3 is 1.41 bits per heavy atom. The highest BCUT2D eigenvalue weighted by atomic mass is 32.5. The van der Waals surface area contributed by atoms with Crippen molar-refractivity contribution in [2.75, 3.05) is 13.2 Å². The zero-order valence-electron chi connectivity index (χ0n) is 17.6. The third-order valence-corrected chi connectivity index (χ3v) is 6.82. The molecule has 164 valence electrons. The summed E-state index contributed by atoms with van der Waals surface area (Å²) in [6.45, 7) is -0.264. The van der Waals surface area contributed by atoms with Crippen molar-refractivity contribution >= 4 is 18.3 Å². The quantitative estimate of drug-likeness (QED) is 0.150. The van der Waals surface area contributed by atoms with Gasteiger partial charge >= 0.3 is 0 Å². The molecule has 1 unspecified atom stereocenters. The highest BCUT2D eigenvalue weighted by Crippen LogP contribution is 2.41. The number of aliphatic hydroxyl groups excluding tert-OH is 1. The molecule has 0 saturated carbocycles. The van der Waals surface area contributed by atoms with E-state index in [0.29, 0.717) is 13.2 Å². The zero-order valence-corrected chi connectivity index (χ0v) is 19.3. The van der Waals surface area contributed by atoms with Gasteiger partial charge < -0.3 is 19.6 Å². The number of ether oxygens (including phenoxy) is 1. The molecule has 4 nitrogen and oxygen atoms in total. The molecule has 0 bridgehead atoms. The zero-order chi connectivity index (χ0) is 20.2. The number of unbranched alkanes of at least 4 members (excludes halogenated alkanes) is 15. The van der Waals surface area contributed by atoms with Crippen LogP contribution in [0.1, 0.15) is 116 Å². The predicted molar refractivity (Wildman–Crippen MR) is 120 cm³/mol. The molecular weight excluding hydrogens is 379 g/mol. The van der Waals surface area contributed by atoms with E-state index in [1.807, 2.05) is 0 Å². The first-order valence-corrected chi connectivity index (χ1v) is 14.1. The Kier molecular flexibility index (Phi) is 20.2. The van der Waals surface area contributed by atoms with E-state index in [0.717, 1.165) is 6.42 Å². The van der Waals surface area contributed by atoms with Crippen molar-refractivity contribution in [2.45, 2.75) is 122 Å². The Morgan fingerprint density at radius 2 is 1.04 bits per heavy atom. The lowest BCUT2D eigenvalue weighted by Crippen LogP contribution is -2.11. The molecule has 0 aromatic heterocycles. The molecule has 0 aliphatic rings. The van der Waals surface area contributed by atoms with Gasteiger partial charge in [0.05, 0.1) is 0 Å². The summed E-state index contributed by atoms with van der Waals surface area (Å²) in [5.41, 5.74) is 0. The second kappa shape index (κ2) is 19.8. The fourth-order valence-corrected chi connectivity index (χ4v) is 3.97. The molecule has 0 aromatic rings. The van der Waals surface area contributed by atoms with Crippen molar-refractivity contribution in [2.24, 2.45) is 0 Å². The number of rotatable bonds is 21. The van der Waals surface area contributed by atoms with Gasteiger partial charge in [0.2, 0.25) is 6.49 Å². The fourth-order valence-electron chi connectivity index (χ4n) is 3.21. The van der Waals surface area contributed by atoms with Crippen molar-refractivity contribution < 1.29 is 19.6 Å². The van der Waals surface area contributed by atoms with E-state index in [-0.39, 0.29) is 6.42 Å². The van der Waals surface area contributed by atoms with Crippen molar-refractivity contribution in [3.63, 3.8) is 0 Å². The number of aliphatic hydroxyl groups is 1. The Hall–Kier alpha value is 0.490. The molecular formula is C21H45O4PS. The van der Waals surface area contributed by atoms with Crippen LogP contribution in [0, 0.1) is 0 Å². The van der Waals surface area contributed by atoms with E-state index in [9.17, 15) is 5.11 Å². The third kappa shape index (κ3) is 21.0. The SMILES string of the molecule is CCCCCCCCCCCCCCCCCCOCCC(O)P(O)(O)=S. The summed E-state index contributed by atoms with van der Waals surface area (Å²) < 4.78 is 5.41. The van der Waals surface area contributed by atoms with Gasteiger partial charge in [-0.2, -0.15) is 0 Å². The Bertz CT molecular complexity index is 349. The summed E-state index contributed by atoms with van der Waals surface area (Å²) in [6.07, 6.45) is 21.8. The molecule has 0 aromatic carbocycles. The fraction of sp³-hybridized carbons (Fsp3) is 1.00. The molecule has 0 aliphatic carbocycles. The molecule has 0 saturated heterocycles. The van der Waals surface area contributed by atoms with Crippen molar-refractivity contribution in [3.05, 3.63) is 0 Å². The Labute approximate surface area is 173 Å². The third-order valence-electron chi connectivity index (χ3n) is 5.05. The van der Waals surface area contributed by atoms with Crippen LogP contribution in [0.25, 0.3) is 0 Å². The van der Waals surface area contributed by atoms with Crippen LogP contribution in [0.2, 0.25) is 0 Å². The minimum absolute atomic E-state index is 0.198. The first-order valence-electron chi connectivity index (χ1n) is 11.3. The maximum atomic E-state index is 9.39. The summed E-state index contributed by atoms with van der Waals surface area (Å²) in [7, 11) is 0. The number of hydrogen-bond acceptors (Lipinski definition) is 3. The lowest BCUT2D eigenvalue weighted by atomic mass is 10.0. The summed E-state index contributed by atoms with van der Waals surface area (Å²) in [6, 6.07) is 0. The minimum Gasteiger partial charge on any atom is -0.383 e. The van der Waals surface area contributed by atoms with Gasteiger partial charge in [0, 0.05) is 19.6 Å². The Morgan fingerprint density at radius 1 is 0.667 bits per heavy atom. The molecule has 0 spiro atoms. The van der Waals surface area contributed by atoms with E-state index in [1.165, 1.54) is 96.3 Å². The highest BCUT2D eigenvalue weighted by molar-refractivity contribution is 8.09. The van der Waals surface area contributed by atoms with Crippen LogP contribution in [0.4, 0.5) is 0 Å². The minimum atomic E-state index is -3.54. The van der Waals surface area contributed by atoms with Gasteiger partial charge in [-0.3, -0.25) is 0 Å². The van der Waals surface area contributed by atoms with E-state index in [1.54, 1.807) is 0 Å². The van der Waals surface area contributed by atoms with Crippen LogP contribution in [0.3, 0.4) is 0 Å². The lowest BCUT2D eigenvalue weighted by molar-refractivity contribution is 0.0994. The second-order valence-electron chi connectivity index (χ2n) is 7.77. The van der Waals surface area contributed by atoms with Gasteiger partial charge in [-0.05, 0) is 18.2 Å². The molecule has 0 fully saturated rings. The van der Waals surface area contributed by atoms with Gasteiger partial charge in [0.1, 0.15) is 5.85 Å². The Balaban J connectivity index is 3.10. The molecule has 0 heterocycles. The summed E-state index contributed by atoms with van der Waals surface area (Å²) >= 11 is 4.45. The molecule has 6 heteroatoms. The molecule has 27 heavy (non-hydrogen) atoms. The van der Waals surface area contributed by atoms with Gasteiger partial charge in [0.15, 0.2) is 0 Å². The van der Waals surface area contributed by atoms with E-state index < -0.39 is 12.3 Å². The maximum absolute atomic E-state index is 9.39. The van der Waals surface area contributed by atoms with E-state index in [4.69, 9.17) is 14.5 Å². The molecule has 3 N–H and O–H groups in total. The molecule has 0 radical (unpaired) electrons. The standard InChI is InChI=1S/C21H45O4PS/c1-2-3-4-5-6-7-8-9-10-11-12-13-14-15-16-17-19-25-20-18-21(22)26(23,24)27/h21-22H,2-20H2,1H3,(H2,23,24,27). The van der Waals surface area contributed by atoms with Crippen LogP contribution in [-0.4, -0.2) is 34.0 Å². The predicted octanol–water partition coefficient (Wildman–Crippen LogP) is 6.27. The first kappa shape index (κ1) is 27.5. The average Bonchev–Trinajstić information content (AvgIpc) is 2.62. The summed E-state index contributed by atoms with van der Waals surface area (Å²) in [5.74, 6) is -1.22. The summed E-state index contributed by atoms with van der Waals surface area (Å²) in [4.78, 5) is 18.2. The molecule has 1 atom stereocenters. The van der Waals surface area contributed by atoms with Crippen LogP contribution in [0.5, 0.6) is 0 Å². The van der Waals surface area contributed by atoms with Gasteiger partial charge in [0.25, 0.3) is 0 Å². The monoisotopic (exact) mass is 424 g/mol. The maximum Gasteiger partial charge on any atom is 0.212 e. The van der Waals surface area contributed by atoms with Crippen LogP contribution in [0.15, 0.2) is 0 Å². The van der Waals surface area contributed by atoms with Gasteiger partial charge in [-0.1, -0.05) is 103 Å². The largest absolute Gasteiger partial charge is 0.383 e. The van der Waals surface area contributed by atoms with Crippen molar-refractivity contribution in [3.8, 4) is 0 Å². The number of hydrogen-bond donors (Lipinski definition) is 3. The average molecular weight is 425 g/mol. The second-order valence-corrected chi connectivity index (χ2v) is 11.2. The van der Waals surface area contributed by atoms with Crippen molar-refractivity contribution in [1.29, 1.82) is 0 Å². The van der Waals surface area contributed by atoms with E-state index in [2.05, 4.69) is 18.7 Å². The molecule has 0 rings (SSSR count). The van der Waals surface area contributed by atoms with Crippen molar-refractivity contribution in [1.82, 2.24) is 0 Å². The van der Waals surface area contributed by atoms with Crippen LogP contribution in [-0.2, 0) is 16.5 Å². The van der Waals surface area contributed by atoms with Crippen LogP contribution >= 0.6 is 6.49 Å². The smallest absolute Gasteiger partial charge is 0.212 e. The van der Waals surface area contributed by atoms with Gasteiger partial charge in [-0.25, -0.2) is 0 Å². The molecule has 0 aliphatic heterocycles. The highest BCUT2D eigenvalue weighted by Gasteiger charge is 2.20. The summed E-state index contributed by atoms with van der Waals surface area (Å²) in [5, 5.41) is 9.39. The van der Waals surface area contributed by atoms with Crippen LogP contribution < -0.4 is 0 Å². The van der Waals surface area contributed by atoms with E-state index >= 15 is 0 Å². The first-order chi connectivity index (χ1) is 13.0. The molecule has 0 amide bonds.